The summed E-state index contributed by atoms with van der Waals surface area (Å²) in [6, 6.07) is 1.69. The number of nitrogens with one attached hydrogen (secondary N) is 1. The Morgan fingerprint density at radius 3 is 2.50 bits per heavy atom. The monoisotopic (exact) mass is 306 g/mol. The highest BCUT2D eigenvalue weighted by atomic mass is 32.2. The number of nitro benzene ring substituents is 1. The largest absolute Gasteiger partial charge is 0.396 e. The van der Waals surface area contributed by atoms with Gasteiger partial charge in [-0.05, 0) is 18.9 Å². The van der Waals surface area contributed by atoms with E-state index in [4.69, 9.17) is 5.11 Å². The first-order valence-corrected chi connectivity index (χ1v) is 7.24. The van der Waals surface area contributed by atoms with Crippen LogP contribution in [0, 0.1) is 21.8 Å². The van der Waals surface area contributed by atoms with Crippen molar-refractivity contribution in [2.75, 3.05) is 6.61 Å². The van der Waals surface area contributed by atoms with Gasteiger partial charge in [-0.1, -0.05) is 6.92 Å². The van der Waals surface area contributed by atoms with E-state index < -0.39 is 37.4 Å². The molecule has 0 saturated carbocycles. The summed E-state index contributed by atoms with van der Waals surface area (Å²) < 4.78 is 39.8. The molecule has 0 fully saturated rings. The van der Waals surface area contributed by atoms with Gasteiger partial charge in [-0.2, -0.15) is 0 Å². The van der Waals surface area contributed by atoms with E-state index in [-0.39, 0.29) is 12.5 Å². The van der Waals surface area contributed by atoms with Gasteiger partial charge in [-0.25, -0.2) is 17.5 Å². The third-order valence-electron chi connectivity index (χ3n) is 2.90. The fraction of sp³-hybridized carbons (Fsp3) is 0.455. The van der Waals surface area contributed by atoms with Crippen LogP contribution in [0.1, 0.15) is 13.8 Å². The van der Waals surface area contributed by atoms with E-state index in [1.807, 2.05) is 0 Å². The topological polar surface area (TPSA) is 110 Å². The number of aliphatic hydroxyl groups is 1. The molecule has 0 radical (unpaired) electrons. The van der Waals surface area contributed by atoms with Gasteiger partial charge in [0.1, 0.15) is 10.7 Å². The molecule has 1 rings (SSSR count). The van der Waals surface area contributed by atoms with Crippen LogP contribution >= 0.6 is 0 Å². The Morgan fingerprint density at radius 1 is 1.45 bits per heavy atom. The first-order chi connectivity index (χ1) is 9.19. The van der Waals surface area contributed by atoms with Gasteiger partial charge in [-0.3, -0.25) is 10.1 Å². The molecule has 2 N–H and O–H groups in total. The lowest BCUT2D eigenvalue weighted by Crippen LogP contribution is -2.38. The Kier molecular flexibility index (Phi) is 5.15. The molecule has 1 aromatic carbocycles. The Hall–Kier alpha value is -1.58. The van der Waals surface area contributed by atoms with Crippen LogP contribution in [0.4, 0.5) is 10.1 Å². The SMILES string of the molecule is CC(CO)C(C)NS(=O)(=O)c1ccc([N+](=O)[O-])cc1F. The van der Waals surface area contributed by atoms with Crippen LogP contribution in [0.2, 0.25) is 0 Å². The number of sulfonamides is 1. The molecule has 0 heterocycles. The number of rotatable bonds is 6. The molecule has 0 aliphatic heterocycles. The third-order valence-corrected chi connectivity index (χ3v) is 4.49. The maximum absolute atomic E-state index is 13.7. The molecule has 2 unspecified atom stereocenters. The van der Waals surface area contributed by atoms with E-state index in [0.717, 1.165) is 12.1 Å². The van der Waals surface area contributed by atoms with Crippen molar-refractivity contribution in [3.05, 3.63) is 34.1 Å². The van der Waals surface area contributed by atoms with Crippen molar-refractivity contribution in [2.24, 2.45) is 5.92 Å². The summed E-state index contributed by atoms with van der Waals surface area (Å²) in [4.78, 5) is 8.98. The molecule has 112 valence electrons. The third kappa shape index (κ3) is 3.71. The van der Waals surface area contributed by atoms with Crippen molar-refractivity contribution < 1.29 is 22.8 Å². The van der Waals surface area contributed by atoms with Crippen molar-refractivity contribution in [1.82, 2.24) is 4.72 Å². The van der Waals surface area contributed by atoms with Crippen LogP contribution in [0.25, 0.3) is 0 Å². The van der Waals surface area contributed by atoms with Crippen LogP contribution in [0.15, 0.2) is 23.1 Å². The van der Waals surface area contributed by atoms with Crippen molar-refractivity contribution in [1.29, 1.82) is 0 Å². The first-order valence-electron chi connectivity index (χ1n) is 5.76. The summed E-state index contributed by atoms with van der Waals surface area (Å²) in [5, 5.41) is 19.4. The molecule has 0 aromatic heterocycles. The zero-order chi connectivity index (χ0) is 15.5. The average molecular weight is 306 g/mol. The van der Waals surface area contributed by atoms with Gasteiger partial charge in [0.25, 0.3) is 5.69 Å². The van der Waals surface area contributed by atoms with Crippen molar-refractivity contribution >= 4 is 15.7 Å². The van der Waals surface area contributed by atoms with E-state index in [1.165, 1.54) is 6.92 Å². The lowest BCUT2D eigenvalue weighted by Gasteiger charge is -2.19. The Labute approximate surface area is 115 Å². The maximum Gasteiger partial charge on any atom is 0.272 e. The number of benzene rings is 1. The van der Waals surface area contributed by atoms with E-state index in [2.05, 4.69) is 4.72 Å². The predicted molar refractivity (Wildman–Crippen MR) is 69.1 cm³/mol. The summed E-state index contributed by atoms with van der Waals surface area (Å²) in [6.45, 7) is 2.92. The van der Waals surface area contributed by atoms with Gasteiger partial charge in [0.05, 0.1) is 11.0 Å². The van der Waals surface area contributed by atoms with Gasteiger partial charge in [-0.15, -0.1) is 0 Å². The Morgan fingerprint density at radius 2 is 2.05 bits per heavy atom. The van der Waals surface area contributed by atoms with Gasteiger partial charge < -0.3 is 5.11 Å². The molecule has 0 bridgehead atoms. The Bertz CT molecular complexity index is 605. The lowest BCUT2D eigenvalue weighted by atomic mass is 10.1. The van der Waals surface area contributed by atoms with Gasteiger partial charge in [0, 0.05) is 18.7 Å². The van der Waals surface area contributed by atoms with Crippen molar-refractivity contribution in [3.8, 4) is 0 Å². The molecule has 0 amide bonds. The smallest absolute Gasteiger partial charge is 0.272 e. The normalized spacial score (nSPS) is 14.8. The predicted octanol–water partition coefficient (Wildman–Crippen LogP) is 1.03. The minimum Gasteiger partial charge on any atom is -0.396 e. The molecule has 9 heteroatoms. The summed E-state index contributed by atoms with van der Waals surface area (Å²) >= 11 is 0. The molecular weight excluding hydrogens is 291 g/mol. The van der Waals surface area contributed by atoms with Crippen LogP contribution in [-0.4, -0.2) is 31.1 Å². The fourth-order valence-corrected chi connectivity index (χ4v) is 2.82. The van der Waals surface area contributed by atoms with Gasteiger partial charge in [0.15, 0.2) is 0 Å². The molecular formula is C11H15FN2O5S. The van der Waals surface area contributed by atoms with Crippen LogP contribution < -0.4 is 4.72 Å². The van der Waals surface area contributed by atoms with E-state index >= 15 is 0 Å². The zero-order valence-corrected chi connectivity index (χ0v) is 11.7. The second-order valence-corrected chi connectivity index (χ2v) is 6.12. The summed E-state index contributed by atoms with van der Waals surface area (Å²) in [5.74, 6) is -1.55. The molecule has 7 nitrogen and oxygen atoms in total. The fourth-order valence-electron chi connectivity index (χ4n) is 1.40. The van der Waals surface area contributed by atoms with E-state index in [1.54, 1.807) is 6.92 Å². The second-order valence-electron chi connectivity index (χ2n) is 4.44. The molecule has 0 spiro atoms. The highest BCUT2D eigenvalue weighted by Crippen LogP contribution is 2.21. The number of nitro groups is 1. The van der Waals surface area contributed by atoms with E-state index in [0.29, 0.717) is 6.07 Å². The summed E-state index contributed by atoms with van der Waals surface area (Å²) in [7, 11) is -4.15. The van der Waals surface area contributed by atoms with Crippen LogP contribution in [-0.2, 0) is 10.0 Å². The Balaban J connectivity index is 3.07. The molecule has 1 aromatic rings. The van der Waals surface area contributed by atoms with E-state index in [9.17, 15) is 22.9 Å². The maximum atomic E-state index is 13.7. The standard InChI is InChI=1S/C11H15FN2O5S/c1-7(6-15)8(2)13-20(18,19)11-4-3-9(14(16)17)5-10(11)12/h3-5,7-8,13,15H,6H2,1-2H3. The number of hydrogen-bond acceptors (Lipinski definition) is 5. The van der Waals surface area contributed by atoms with Crippen LogP contribution in [0.5, 0.6) is 0 Å². The van der Waals surface area contributed by atoms with Crippen LogP contribution in [0.3, 0.4) is 0 Å². The number of halogens is 1. The quantitative estimate of drug-likeness (QED) is 0.602. The summed E-state index contributed by atoms with van der Waals surface area (Å²) in [5.41, 5.74) is -0.529. The first kappa shape index (κ1) is 16.5. The summed E-state index contributed by atoms with van der Waals surface area (Å²) in [6.07, 6.45) is 0. The van der Waals surface area contributed by atoms with Gasteiger partial charge >= 0.3 is 0 Å². The molecule has 2 atom stereocenters. The molecule has 20 heavy (non-hydrogen) atoms. The molecule has 0 aliphatic carbocycles. The van der Waals surface area contributed by atoms with Gasteiger partial charge in [0.2, 0.25) is 10.0 Å². The highest BCUT2D eigenvalue weighted by Gasteiger charge is 2.25. The van der Waals surface area contributed by atoms with Crippen molar-refractivity contribution in [2.45, 2.75) is 24.8 Å². The minimum atomic E-state index is -4.15. The number of nitrogens with zero attached hydrogens (tertiary/aromatic N) is 1. The average Bonchev–Trinajstić information content (AvgIpc) is 2.36. The molecule has 0 aliphatic rings. The number of non-ortho nitro benzene ring substituents is 1. The lowest BCUT2D eigenvalue weighted by molar-refractivity contribution is -0.385. The number of hydrogen-bond donors (Lipinski definition) is 2. The second kappa shape index (κ2) is 6.25. The zero-order valence-electron chi connectivity index (χ0n) is 10.9. The minimum absolute atomic E-state index is 0.230. The number of aliphatic hydroxyl groups excluding tert-OH is 1. The molecule has 0 saturated heterocycles. The van der Waals surface area contributed by atoms with Crippen molar-refractivity contribution in [3.63, 3.8) is 0 Å². The highest BCUT2D eigenvalue weighted by molar-refractivity contribution is 7.89.